The van der Waals surface area contributed by atoms with Gasteiger partial charge in [-0.3, -0.25) is 4.79 Å². The average Bonchev–Trinajstić information content (AvgIpc) is 2.72. The number of ketones is 1. The summed E-state index contributed by atoms with van der Waals surface area (Å²) < 4.78 is 0. The second kappa shape index (κ2) is 6.06. The Balaban J connectivity index is 2.07. The molecule has 1 heterocycles. The van der Waals surface area contributed by atoms with E-state index in [2.05, 4.69) is 12.2 Å². The molecule has 1 aromatic carbocycles. The summed E-state index contributed by atoms with van der Waals surface area (Å²) in [5.41, 5.74) is 0.544. The highest BCUT2D eigenvalue weighted by molar-refractivity contribution is 6.31. The fraction of sp³-hybridized carbons (Fsp3) is 0.429. The molecule has 1 atom stereocenters. The van der Waals surface area contributed by atoms with E-state index < -0.39 is 0 Å². The van der Waals surface area contributed by atoms with Crippen molar-refractivity contribution in [2.45, 2.75) is 25.8 Å². The van der Waals surface area contributed by atoms with E-state index in [4.69, 9.17) is 11.6 Å². The zero-order valence-electron chi connectivity index (χ0n) is 10.9. The predicted molar refractivity (Wildman–Crippen MR) is 74.6 cm³/mol. The van der Waals surface area contributed by atoms with Crippen LogP contribution in [-0.2, 0) is 0 Å². The Hall–Kier alpha value is -1.55. The summed E-state index contributed by atoms with van der Waals surface area (Å²) in [5.74, 6) is -0.0827. The number of rotatable bonds is 5. The lowest BCUT2D eigenvalue weighted by atomic mass is 10.1. The van der Waals surface area contributed by atoms with E-state index in [9.17, 15) is 9.59 Å². The van der Waals surface area contributed by atoms with Crippen LogP contribution in [0, 0.1) is 0 Å². The molecule has 0 radical (unpaired) electrons. The standard InChI is InChI=1S/C14H17ClN2O2/c1-2-4-12-8-16-14(19)17(12)9-13(18)10-5-3-6-11(15)7-10/h3,5-7,12H,2,4,8-9H2,1H3,(H,16,19)/t12-/m0/s1. The van der Waals surface area contributed by atoms with Gasteiger partial charge >= 0.3 is 6.03 Å². The zero-order valence-corrected chi connectivity index (χ0v) is 11.6. The number of nitrogens with zero attached hydrogens (tertiary/aromatic N) is 1. The SMILES string of the molecule is CCC[C@H]1CNC(=O)N1CC(=O)c1cccc(Cl)c1. The van der Waals surface area contributed by atoms with E-state index in [1.165, 1.54) is 0 Å². The maximum Gasteiger partial charge on any atom is 0.318 e. The van der Waals surface area contributed by atoms with Crippen molar-refractivity contribution in [3.05, 3.63) is 34.9 Å². The summed E-state index contributed by atoms with van der Waals surface area (Å²) >= 11 is 5.87. The second-order valence-electron chi connectivity index (χ2n) is 4.69. The monoisotopic (exact) mass is 280 g/mol. The van der Waals surface area contributed by atoms with Crippen molar-refractivity contribution in [1.82, 2.24) is 10.2 Å². The third-order valence-electron chi connectivity index (χ3n) is 3.27. The van der Waals surface area contributed by atoms with Gasteiger partial charge < -0.3 is 10.2 Å². The topological polar surface area (TPSA) is 49.4 Å². The first kappa shape index (κ1) is 13.9. The molecular weight excluding hydrogens is 264 g/mol. The van der Waals surface area contributed by atoms with Crippen molar-refractivity contribution in [2.24, 2.45) is 0 Å². The van der Waals surface area contributed by atoms with Gasteiger partial charge in [0.05, 0.1) is 12.6 Å². The molecular formula is C14H17ClN2O2. The average molecular weight is 281 g/mol. The molecule has 1 aliphatic rings. The van der Waals surface area contributed by atoms with Crippen molar-refractivity contribution in [1.29, 1.82) is 0 Å². The fourth-order valence-corrected chi connectivity index (χ4v) is 2.47. The fourth-order valence-electron chi connectivity index (χ4n) is 2.28. The summed E-state index contributed by atoms with van der Waals surface area (Å²) in [5, 5.41) is 3.31. The van der Waals surface area contributed by atoms with Crippen LogP contribution in [-0.4, -0.2) is 35.8 Å². The van der Waals surface area contributed by atoms with Gasteiger partial charge in [0.25, 0.3) is 0 Å². The van der Waals surface area contributed by atoms with Crippen molar-refractivity contribution in [2.75, 3.05) is 13.1 Å². The van der Waals surface area contributed by atoms with Gasteiger partial charge in [0.2, 0.25) is 0 Å². The first-order valence-electron chi connectivity index (χ1n) is 6.45. The number of hydrogen-bond donors (Lipinski definition) is 1. The van der Waals surface area contributed by atoms with Crippen molar-refractivity contribution in [3.63, 3.8) is 0 Å². The number of hydrogen-bond acceptors (Lipinski definition) is 2. The number of carbonyl (C=O) groups is 2. The molecule has 0 aliphatic carbocycles. The Kier molecular flexibility index (Phi) is 4.43. The van der Waals surface area contributed by atoms with Crippen LogP contribution in [0.2, 0.25) is 5.02 Å². The largest absolute Gasteiger partial charge is 0.336 e. The zero-order chi connectivity index (χ0) is 13.8. The molecule has 102 valence electrons. The number of Topliss-reactive ketones (excluding diaryl/α,β-unsaturated/α-hetero) is 1. The minimum atomic E-state index is -0.158. The number of nitrogens with one attached hydrogen (secondary N) is 1. The van der Waals surface area contributed by atoms with Crippen LogP contribution in [0.4, 0.5) is 4.79 Å². The van der Waals surface area contributed by atoms with E-state index in [0.29, 0.717) is 17.1 Å². The third-order valence-corrected chi connectivity index (χ3v) is 3.51. The molecule has 0 bridgehead atoms. The normalized spacial score (nSPS) is 18.5. The summed E-state index contributed by atoms with van der Waals surface area (Å²) in [6.07, 6.45) is 1.89. The second-order valence-corrected chi connectivity index (χ2v) is 5.13. The van der Waals surface area contributed by atoms with Gasteiger partial charge in [-0.05, 0) is 18.6 Å². The highest BCUT2D eigenvalue weighted by atomic mass is 35.5. The Labute approximate surface area is 117 Å². The van der Waals surface area contributed by atoms with E-state index >= 15 is 0 Å². The van der Waals surface area contributed by atoms with Crippen LogP contribution in [0.1, 0.15) is 30.1 Å². The lowest BCUT2D eigenvalue weighted by Gasteiger charge is -2.21. The summed E-state index contributed by atoms with van der Waals surface area (Å²) in [7, 11) is 0. The molecule has 0 unspecified atom stereocenters. The molecule has 4 nitrogen and oxygen atoms in total. The minimum Gasteiger partial charge on any atom is -0.336 e. The molecule has 2 rings (SSSR count). The quantitative estimate of drug-likeness (QED) is 0.843. The van der Waals surface area contributed by atoms with E-state index in [0.717, 1.165) is 12.8 Å². The van der Waals surface area contributed by atoms with Crippen molar-refractivity contribution >= 4 is 23.4 Å². The van der Waals surface area contributed by atoms with Crippen LogP contribution >= 0.6 is 11.6 Å². The molecule has 0 saturated carbocycles. The summed E-state index contributed by atoms with van der Waals surface area (Å²) in [6.45, 7) is 2.80. The molecule has 1 aromatic rings. The molecule has 1 aliphatic heterocycles. The number of benzene rings is 1. The van der Waals surface area contributed by atoms with Crippen LogP contribution in [0.25, 0.3) is 0 Å². The maximum absolute atomic E-state index is 12.2. The molecule has 1 N–H and O–H groups in total. The summed E-state index contributed by atoms with van der Waals surface area (Å²) in [6, 6.07) is 6.77. The number of carbonyl (C=O) groups excluding carboxylic acids is 2. The molecule has 19 heavy (non-hydrogen) atoms. The number of halogens is 1. The molecule has 5 heteroatoms. The smallest absolute Gasteiger partial charge is 0.318 e. The van der Waals surface area contributed by atoms with Gasteiger partial charge in [-0.25, -0.2) is 4.79 Å². The van der Waals surface area contributed by atoms with Gasteiger partial charge in [0.1, 0.15) is 0 Å². The van der Waals surface area contributed by atoms with Crippen LogP contribution in [0.3, 0.4) is 0 Å². The molecule has 1 fully saturated rings. The molecule has 2 amide bonds. The highest BCUT2D eigenvalue weighted by Gasteiger charge is 2.31. The predicted octanol–water partition coefficient (Wildman–Crippen LogP) is 2.72. The maximum atomic E-state index is 12.2. The lowest BCUT2D eigenvalue weighted by molar-refractivity contribution is 0.0935. The lowest BCUT2D eigenvalue weighted by Crippen LogP contribution is -2.38. The number of urea groups is 1. The van der Waals surface area contributed by atoms with Crippen LogP contribution in [0.5, 0.6) is 0 Å². The molecule has 0 spiro atoms. The van der Waals surface area contributed by atoms with E-state index in [1.54, 1.807) is 29.2 Å². The van der Waals surface area contributed by atoms with Crippen LogP contribution in [0.15, 0.2) is 24.3 Å². The Bertz CT molecular complexity index is 490. The molecule has 0 aromatic heterocycles. The summed E-state index contributed by atoms with van der Waals surface area (Å²) in [4.78, 5) is 25.5. The first-order chi connectivity index (χ1) is 9.11. The van der Waals surface area contributed by atoms with Crippen LogP contribution < -0.4 is 5.32 Å². The molecule has 1 saturated heterocycles. The first-order valence-corrected chi connectivity index (χ1v) is 6.83. The third kappa shape index (κ3) is 3.26. The van der Waals surface area contributed by atoms with E-state index in [1.807, 2.05) is 0 Å². The van der Waals surface area contributed by atoms with Gasteiger partial charge in [-0.1, -0.05) is 37.1 Å². The Morgan fingerprint density at radius 3 is 3.00 bits per heavy atom. The Morgan fingerprint density at radius 1 is 1.53 bits per heavy atom. The van der Waals surface area contributed by atoms with Gasteiger partial charge in [0.15, 0.2) is 5.78 Å². The highest BCUT2D eigenvalue weighted by Crippen LogP contribution is 2.16. The van der Waals surface area contributed by atoms with Gasteiger partial charge in [0, 0.05) is 17.1 Å². The van der Waals surface area contributed by atoms with Crippen molar-refractivity contribution in [3.8, 4) is 0 Å². The van der Waals surface area contributed by atoms with E-state index in [-0.39, 0.29) is 24.4 Å². The van der Waals surface area contributed by atoms with Gasteiger partial charge in [-0.2, -0.15) is 0 Å². The number of amides is 2. The van der Waals surface area contributed by atoms with Gasteiger partial charge in [-0.15, -0.1) is 0 Å². The minimum absolute atomic E-state index is 0.0827. The van der Waals surface area contributed by atoms with Crippen molar-refractivity contribution < 1.29 is 9.59 Å². The Morgan fingerprint density at radius 2 is 2.32 bits per heavy atom.